The summed E-state index contributed by atoms with van der Waals surface area (Å²) < 4.78 is 4.29. The van der Waals surface area contributed by atoms with Gasteiger partial charge in [-0.15, -0.1) is 24.8 Å². The average Bonchev–Trinajstić information content (AvgIpc) is 3.23. The molecule has 0 unspecified atom stereocenters. The van der Waals surface area contributed by atoms with Gasteiger partial charge < -0.3 is 9.88 Å². The number of hydrogen-bond donors (Lipinski definition) is 1. The lowest BCUT2D eigenvalue weighted by molar-refractivity contribution is 0.614. The molecule has 2 aromatic rings. The number of rotatable bonds is 3. The summed E-state index contributed by atoms with van der Waals surface area (Å²) in [7, 11) is 0. The smallest absolute Gasteiger partial charge is 0.178 e. The fourth-order valence-electron chi connectivity index (χ4n) is 3.61. The molecule has 0 spiro atoms. The van der Waals surface area contributed by atoms with Crippen LogP contribution in [0.2, 0.25) is 0 Å². The molecule has 1 aliphatic carbocycles. The number of fused-ring (bicyclic) bond motifs is 1. The van der Waals surface area contributed by atoms with E-state index < -0.39 is 0 Å². The Morgan fingerprint density at radius 1 is 1.17 bits per heavy atom. The average molecular weight is 373 g/mol. The third kappa shape index (κ3) is 3.60. The van der Waals surface area contributed by atoms with E-state index in [0.717, 1.165) is 55.8 Å². The number of nitrogens with one attached hydrogen (secondary N) is 1. The first-order valence-corrected chi connectivity index (χ1v) is 8.57. The van der Waals surface area contributed by atoms with Gasteiger partial charge in [-0.3, -0.25) is 0 Å². The molecule has 1 N–H and O–H groups in total. The van der Waals surface area contributed by atoms with Crippen molar-refractivity contribution >= 4 is 24.8 Å². The van der Waals surface area contributed by atoms with Crippen molar-refractivity contribution in [1.29, 1.82) is 0 Å². The molecule has 0 atom stereocenters. The summed E-state index contributed by atoms with van der Waals surface area (Å²) in [6.45, 7) is 5.97. The van der Waals surface area contributed by atoms with Crippen LogP contribution >= 0.6 is 24.8 Å². The van der Waals surface area contributed by atoms with Crippen molar-refractivity contribution in [2.24, 2.45) is 0 Å². The Balaban J connectivity index is 0.00000104. The van der Waals surface area contributed by atoms with Crippen molar-refractivity contribution in [3.8, 4) is 11.5 Å². The van der Waals surface area contributed by atoms with Gasteiger partial charge in [-0.25, -0.2) is 14.6 Å². The lowest BCUT2D eigenvalue weighted by atomic mass is 10.1. The molecule has 24 heavy (non-hydrogen) atoms. The number of imidazole rings is 1. The van der Waals surface area contributed by atoms with Crippen molar-refractivity contribution in [3.63, 3.8) is 0 Å². The maximum atomic E-state index is 4.86. The fourth-order valence-corrected chi connectivity index (χ4v) is 3.61. The van der Waals surface area contributed by atoms with Gasteiger partial charge in [0.2, 0.25) is 0 Å². The predicted octanol–water partition coefficient (Wildman–Crippen LogP) is 2.81. The molecule has 0 bridgehead atoms. The maximum absolute atomic E-state index is 4.86. The molecule has 1 aliphatic heterocycles. The van der Waals surface area contributed by atoms with Crippen LogP contribution in [0.1, 0.15) is 50.2 Å². The Bertz CT molecular complexity index is 636. The lowest BCUT2D eigenvalue weighted by Gasteiger charge is -2.01. The minimum Gasteiger partial charge on any atom is -0.333 e. The second-order valence-corrected chi connectivity index (χ2v) is 6.33. The first kappa shape index (κ1) is 19.2. The van der Waals surface area contributed by atoms with Crippen LogP contribution in [0.4, 0.5) is 0 Å². The third-order valence-corrected chi connectivity index (χ3v) is 4.85. The van der Waals surface area contributed by atoms with Gasteiger partial charge in [0.1, 0.15) is 11.5 Å². The number of hydrogen-bond acceptors (Lipinski definition) is 4. The van der Waals surface area contributed by atoms with Gasteiger partial charge in [-0.05, 0) is 19.8 Å². The Morgan fingerprint density at radius 2 is 1.96 bits per heavy atom. The molecule has 0 radical (unpaired) electrons. The van der Waals surface area contributed by atoms with Gasteiger partial charge in [0, 0.05) is 44.7 Å². The van der Waals surface area contributed by atoms with Gasteiger partial charge >= 0.3 is 0 Å². The second kappa shape index (κ2) is 8.32. The molecule has 1 fully saturated rings. The highest BCUT2D eigenvalue weighted by molar-refractivity contribution is 5.85. The van der Waals surface area contributed by atoms with E-state index in [2.05, 4.69) is 23.0 Å². The quantitative estimate of drug-likeness (QED) is 0.899. The highest BCUT2D eigenvalue weighted by atomic mass is 35.5. The molecule has 6 nitrogen and oxygen atoms in total. The topological polar surface area (TPSA) is 60.6 Å². The first-order valence-electron chi connectivity index (χ1n) is 8.57. The van der Waals surface area contributed by atoms with Crippen LogP contribution in [0.3, 0.4) is 0 Å². The summed E-state index contributed by atoms with van der Waals surface area (Å²) >= 11 is 0. The zero-order chi connectivity index (χ0) is 14.9. The van der Waals surface area contributed by atoms with E-state index in [0.29, 0.717) is 5.92 Å². The zero-order valence-electron chi connectivity index (χ0n) is 14.1. The van der Waals surface area contributed by atoms with Gasteiger partial charge in [0.05, 0.1) is 0 Å². The molecule has 2 aromatic heterocycles. The molecule has 0 saturated heterocycles. The van der Waals surface area contributed by atoms with Crippen LogP contribution < -0.4 is 5.32 Å². The normalized spacial score (nSPS) is 17.7. The number of aryl methyl sites for hydroxylation is 1. The summed E-state index contributed by atoms with van der Waals surface area (Å²) in [5.41, 5.74) is 0.982. The maximum Gasteiger partial charge on any atom is 0.178 e. The van der Waals surface area contributed by atoms with Crippen molar-refractivity contribution in [1.82, 2.24) is 29.6 Å². The van der Waals surface area contributed by atoms with Crippen LogP contribution in [0, 0.1) is 0 Å². The van der Waals surface area contributed by atoms with Crippen LogP contribution in [-0.2, 0) is 19.5 Å². The summed E-state index contributed by atoms with van der Waals surface area (Å²) in [6.07, 6.45) is 8.22. The molecule has 0 amide bonds. The van der Waals surface area contributed by atoms with E-state index in [1.165, 1.54) is 25.7 Å². The summed E-state index contributed by atoms with van der Waals surface area (Å²) in [4.78, 5) is 9.69. The van der Waals surface area contributed by atoms with Crippen molar-refractivity contribution in [2.75, 3.05) is 13.1 Å². The SMILES string of the molecule is CCn1nc(C2CCCC2)nc1-c1cn2c(n1)CCNCC2.Cl.Cl. The Labute approximate surface area is 155 Å². The number of aromatic nitrogens is 5. The summed E-state index contributed by atoms with van der Waals surface area (Å²) in [6, 6.07) is 0. The zero-order valence-corrected chi connectivity index (χ0v) is 15.7. The van der Waals surface area contributed by atoms with E-state index in [9.17, 15) is 0 Å². The molecule has 134 valence electrons. The standard InChI is InChI=1S/C16H24N6.2ClH/c1-2-22-16(19-15(20-22)12-5-3-4-6-12)13-11-21-10-9-17-8-7-14(21)18-13;;/h11-12,17H,2-10H2,1H3;2*1H. The predicted molar refractivity (Wildman–Crippen MR) is 99.2 cm³/mol. The molecule has 1 saturated carbocycles. The van der Waals surface area contributed by atoms with Crippen LogP contribution in [0.15, 0.2) is 6.20 Å². The number of nitrogens with zero attached hydrogens (tertiary/aromatic N) is 5. The van der Waals surface area contributed by atoms with Crippen molar-refractivity contribution in [2.45, 2.75) is 58.0 Å². The Morgan fingerprint density at radius 3 is 2.71 bits per heavy atom. The van der Waals surface area contributed by atoms with Crippen LogP contribution in [0.5, 0.6) is 0 Å². The molecule has 0 aromatic carbocycles. The monoisotopic (exact) mass is 372 g/mol. The van der Waals surface area contributed by atoms with E-state index in [1.807, 2.05) is 4.68 Å². The van der Waals surface area contributed by atoms with Gasteiger partial charge in [0.15, 0.2) is 11.6 Å². The van der Waals surface area contributed by atoms with E-state index >= 15 is 0 Å². The van der Waals surface area contributed by atoms with Crippen molar-refractivity contribution < 1.29 is 0 Å². The van der Waals surface area contributed by atoms with E-state index in [-0.39, 0.29) is 24.8 Å². The van der Waals surface area contributed by atoms with Gasteiger partial charge in [-0.2, -0.15) is 5.10 Å². The molecule has 3 heterocycles. The molecular weight excluding hydrogens is 347 g/mol. The summed E-state index contributed by atoms with van der Waals surface area (Å²) in [5.74, 6) is 3.68. The Kier molecular flexibility index (Phi) is 6.66. The molecule has 2 aliphatic rings. The van der Waals surface area contributed by atoms with Gasteiger partial charge in [-0.1, -0.05) is 12.8 Å². The lowest BCUT2D eigenvalue weighted by Crippen LogP contribution is -2.17. The highest BCUT2D eigenvalue weighted by Crippen LogP contribution is 2.33. The van der Waals surface area contributed by atoms with Gasteiger partial charge in [0.25, 0.3) is 0 Å². The fraction of sp³-hybridized carbons (Fsp3) is 0.688. The second-order valence-electron chi connectivity index (χ2n) is 6.33. The van der Waals surface area contributed by atoms with E-state index in [4.69, 9.17) is 15.1 Å². The van der Waals surface area contributed by atoms with Crippen molar-refractivity contribution in [3.05, 3.63) is 17.8 Å². The summed E-state index contributed by atoms with van der Waals surface area (Å²) in [5, 5.41) is 8.17. The molecule has 4 rings (SSSR count). The highest BCUT2D eigenvalue weighted by Gasteiger charge is 2.24. The van der Waals surface area contributed by atoms with E-state index in [1.54, 1.807) is 0 Å². The molecule has 8 heteroatoms. The van der Waals surface area contributed by atoms with Crippen LogP contribution in [-0.4, -0.2) is 37.4 Å². The largest absolute Gasteiger partial charge is 0.333 e. The first-order chi connectivity index (χ1) is 10.8. The Hall–Kier alpha value is -1.11. The van der Waals surface area contributed by atoms with Crippen LogP contribution in [0.25, 0.3) is 11.5 Å². The number of halogens is 2. The minimum atomic E-state index is 0. The third-order valence-electron chi connectivity index (χ3n) is 4.85. The molecular formula is C16H26Cl2N6. The minimum absolute atomic E-state index is 0.